The van der Waals surface area contributed by atoms with Crippen LogP contribution in [0.4, 0.5) is 8.78 Å². The van der Waals surface area contributed by atoms with E-state index in [0.717, 1.165) is 0 Å². The van der Waals surface area contributed by atoms with Crippen LogP contribution in [-0.2, 0) is 6.42 Å². The van der Waals surface area contributed by atoms with E-state index in [0.29, 0.717) is 22.6 Å². The summed E-state index contributed by atoms with van der Waals surface area (Å²) in [5.41, 5.74) is 1.12. The molecule has 0 aliphatic carbocycles. The third kappa shape index (κ3) is 3.52. The summed E-state index contributed by atoms with van der Waals surface area (Å²) in [6.45, 7) is 0. The second kappa shape index (κ2) is 6.87. The zero-order valence-electron chi connectivity index (χ0n) is 11.8. The van der Waals surface area contributed by atoms with Gasteiger partial charge in [0, 0.05) is 16.6 Å². The van der Waals surface area contributed by atoms with Gasteiger partial charge in [0.05, 0.1) is 7.11 Å². The fourth-order valence-corrected chi connectivity index (χ4v) is 2.46. The molecule has 0 heterocycles. The number of methoxy groups -OCH3 is 1. The fraction of sp³-hybridized carbons (Fsp3) is 0.250. The Morgan fingerprint density at radius 2 is 1.95 bits per heavy atom. The minimum Gasteiger partial charge on any atom is -0.494 e. The highest BCUT2D eigenvalue weighted by Crippen LogP contribution is 2.27. The van der Waals surface area contributed by atoms with E-state index in [-0.39, 0.29) is 17.6 Å². The predicted octanol–water partition coefficient (Wildman–Crippen LogP) is 4.13. The summed E-state index contributed by atoms with van der Waals surface area (Å²) in [5.74, 6) is -0.635. The maximum atomic E-state index is 13.9. The standard InChI is InChI=1S/C16H16ClF2NO/c1-20-15(9-11-12(17)4-3-5-13(11)18)10-6-7-16(21-2)14(19)8-10/h3-8,15,20H,9H2,1-2H3. The first-order valence-electron chi connectivity index (χ1n) is 6.50. The summed E-state index contributed by atoms with van der Waals surface area (Å²) in [4.78, 5) is 0. The van der Waals surface area contributed by atoms with Gasteiger partial charge in [-0.15, -0.1) is 0 Å². The zero-order chi connectivity index (χ0) is 15.4. The van der Waals surface area contributed by atoms with Gasteiger partial charge < -0.3 is 10.1 Å². The van der Waals surface area contributed by atoms with Crippen molar-refractivity contribution >= 4 is 11.6 Å². The van der Waals surface area contributed by atoms with Crippen LogP contribution in [0.25, 0.3) is 0 Å². The molecule has 1 unspecified atom stereocenters. The van der Waals surface area contributed by atoms with Crippen LogP contribution < -0.4 is 10.1 Å². The maximum Gasteiger partial charge on any atom is 0.165 e. The lowest BCUT2D eigenvalue weighted by molar-refractivity contribution is 0.385. The van der Waals surface area contributed by atoms with Gasteiger partial charge in [0.15, 0.2) is 11.6 Å². The molecule has 0 saturated heterocycles. The molecule has 0 aromatic heterocycles. The Balaban J connectivity index is 2.30. The molecule has 0 radical (unpaired) electrons. The largest absolute Gasteiger partial charge is 0.494 e. The monoisotopic (exact) mass is 311 g/mol. The van der Waals surface area contributed by atoms with Crippen LogP contribution in [0.1, 0.15) is 17.2 Å². The second-order valence-electron chi connectivity index (χ2n) is 4.64. The Hall–Kier alpha value is -1.65. The molecule has 0 aliphatic heterocycles. The van der Waals surface area contributed by atoms with Crippen molar-refractivity contribution in [1.29, 1.82) is 0 Å². The molecule has 0 fully saturated rings. The van der Waals surface area contributed by atoms with Crippen molar-refractivity contribution in [2.24, 2.45) is 0 Å². The molecule has 2 nitrogen and oxygen atoms in total. The topological polar surface area (TPSA) is 21.3 Å². The highest BCUT2D eigenvalue weighted by Gasteiger charge is 2.17. The second-order valence-corrected chi connectivity index (χ2v) is 5.05. The third-order valence-corrected chi connectivity index (χ3v) is 3.75. The normalized spacial score (nSPS) is 12.2. The minimum atomic E-state index is -0.449. The zero-order valence-corrected chi connectivity index (χ0v) is 12.5. The van der Waals surface area contributed by atoms with E-state index in [1.54, 1.807) is 31.3 Å². The summed E-state index contributed by atoms with van der Waals surface area (Å²) in [6, 6.07) is 9.00. The number of hydrogen-bond acceptors (Lipinski definition) is 2. The van der Waals surface area contributed by atoms with Gasteiger partial charge in [-0.1, -0.05) is 23.7 Å². The molecule has 5 heteroatoms. The number of benzene rings is 2. The van der Waals surface area contributed by atoms with E-state index in [2.05, 4.69) is 5.32 Å². The first kappa shape index (κ1) is 15.7. The quantitative estimate of drug-likeness (QED) is 0.896. The Morgan fingerprint density at radius 1 is 1.19 bits per heavy atom. The highest BCUT2D eigenvalue weighted by atomic mass is 35.5. The molecule has 112 valence electrons. The Kier molecular flexibility index (Phi) is 5.15. The van der Waals surface area contributed by atoms with E-state index in [1.165, 1.54) is 19.2 Å². The first-order valence-corrected chi connectivity index (χ1v) is 6.88. The Labute approximate surface area is 127 Å². The van der Waals surface area contributed by atoms with Crippen molar-refractivity contribution in [3.8, 4) is 5.75 Å². The molecule has 1 atom stereocenters. The highest BCUT2D eigenvalue weighted by molar-refractivity contribution is 6.31. The molecule has 0 saturated carbocycles. The SMILES string of the molecule is CNC(Cc1c(F)cccc1Cl)c1ccc(OC)c(F)c1. The van der Waals surface area contributed by atoms with Gasteiger partial charge in [-0.05, 0) is 43.3 Å². The number of halogens is 3. The lowest BCUT2D eigenvalue weighted by Gasteiger charge is -2.18. The Bertz CT molecular complexity index is 613. The molecule has 21 heavy (non-hydrogen) atoms. The Morgan fingerprint density at radius 3 is 2.52 bits per heavy atom. The van der Waals surface area contributed by atoms with Crippen LogP contribution in [0.15, 0.2) is 36.4 Å². The number of nitrogens with one attached hydrogen (secondary N) is 1. The molecular weight excluding hydrogens is 296 g/mol. The van der Waals surface area contributed by atoms with Crippen LogP contribution in [0.3, 0.4) is 0 Å². The van der Waals surface area contributed by atoms with Crippen molar-refractivity contribution < 1.29 is 13.5 Å². The van der Waals surface area contributed by atoms with E-state index >= 15 is 0 Å². The molecule has 1 N–H and O–H groups in total. The molecule has 2 aromatic rings. The van der Waals surface area contributed by atoms with E-state index in [9.17, 15) is 8.78 Å². The van der Waals surface area contributed by atoms with Gasteiger partial charge in [-0.25, -0.2) is 8.78 Å². The summed E-state index contributed by atoms with van der Waals surface area (Å²) in [5, 5.41) is 3.42. The number of rotatable bonds is 5. The number of likely N-dealkylation sites (N-methyl/N-ethyl adjacent to an activating group) is 1. The van der Waals surface area contributed by atoms with Crippen LogP contribution in [-0.4, -0.2) is 14.2 Å². The van der Waals surface area contributed by atoms with Gasteiger partial charge >= 0.3 is 0 Å². The van der Waals surface area contributed by atoms with E-state index < -0.39 is 5.82 Å². The molecule has 2 rings (SSSR count). The number of hydrogen-bond donors (Lipinski definition) is 1. The van der Waals surface area contributed by atoms with Crippen molar-refractivity contribution in [3.63, 3.8) is 0 Å². The molecule has 2 aromatic carbocycles. The van der Waals surface area contributed by atoms with Crippen molar-refractivity contribution in [2.75, 3.05) is 14.2 Å². The lowest BCUT2D eigenvalue weighted by Crippen LogP contribution is -2.19. The van der Waals surface area contributed by atoms with Gasteiger partial charge in [-0.2, -0.15) is 0 Å². The van der Waals surface area contributed by atoms with E-state index in [1.807, 2.05) is 0 Å². The maximum absolute atomic E-state index is 13.9. The van der Waals surface area contributed by atoms with Gasteiger partial charge in [-0.3, -0.25) is 0 Å². The molecule has 0 spiro atoms. The summed E-state index contributed by atoms with van der Waals surface area (Å²) in [6.07, 6.45) is 0.327. The van der Waals surface area contributed by atoms with Crippen molar-refractivity contribution in [1.82, 2.24) is 5.32 Å². The summed E-state index contributed by atoms with van der Waals surface area (Å²) < 4.78 is 32.5. The van der Waals surface area contributed by atoms with E-state index in [4.69, 9.17) is 16.3 Å². The lowest BCUT2D eigenvalue weighted by atomic mass is 9.98. The smallest absolute Gasteiger partial charge is 0.165 e. The average molecular weight is 312 g/mol. The van der Waals surface area contributed by atoms with Crippen molar-refractivity contribution in [2.45, 2.75) is 12.5 Å². The predicted molar refractivity (Wildman–Crippen MR) is 79.9 cm³/mol. The fourth-order valence-electron chi connectivity index (χ4n) is 2.22. The van der Waals surface area contributed by atoms with Crippen LogP contribution >= 0.6 is 11.6 Å². The van der Waals surface area contributed by atoms with Crippen molar-refractivity contribution in [3.05, 3.63) is 64.2 Å². The minimum absolute atomic E-state index is 0.178. The third-order valence-electron chi connectivity index (χ3n) is 3.40. The molecular formula is C16H16ClF2NO. The summed E-state index contributed by atoms with van der Waals surface area (Å²) in [7, 11) is 3.15. The molecule has 0 bridgehead atoms. The van der Waals surface area contributed by atoms with Gasteiger partial charge in [0.25, 0.3) is 0 Å². The average Bonchev–Trinajstić information content (AvgIpc) is 2.47. The molecule has 0 aliphatic rings. The van der Waals surface area contributed by atoms with Gasteiger partial charge in [0.2, 0.25) is 0 Å². The first-order chi connectivity index (χ1) is 10.1. The van der Waals surface area contributed by atoms with Crippen LogP contribution in [0.5, 0.6) is 5.75 Å². The molecule has 0 amide bonds. The van der Waals surface area contributed by atoms with Crippen LogP contribution in [0, 0.1) is 11.6 Å². The van der Waals surface area contributed by atoms with Gasteiger partial charge in [0.1, 0.15) is 5.82 Å². The number of ether oxygens (including phenoxy) is 1. The van der Waals surface area contributed by atoms with Crippen LogP contribution in [0.2, 0.25) is 5.02 Å². The summed E-state index contributed by atoms with van der Waals surface area (Å²) >= 11 is 6.04.